The van der Waals surface area contributed by atoms with Gasteiger partial charge in [-0.1, -0.05) is 6.07 Å². The molecule has 96 valence electrons. The zero-order valence-electron chi connectivity index (χ0n) is 10.3. The van der Waals surface area contributed by atoms with Crippen molar-refractivity contribution in [2.45, 2.75) is 13.5 Å². The third-order valence-electron chi connectivity index (χ3n) is 2.64. The smallest absolute Gasteiger partial charge is 0.157 e. The molecule has 0 amide bonds. The Morgan fingerprint density at radius 1 is 1.44 bits per heavy atom. The van der Waals surface area contributed by atoms with Crippen LogP contribution in [0.2, 0.25) is 0 Å². The van der Waals surface area contributed by atoms with E-state index in [0.717, 1.165) is 11.1 Å². The van der Waals surface area contributed by atoms with Gasteiger partial charge in [0.1, 0.15) is 12.4 Å². The van der Waals surface area contributed by atoms with Crippen LogP contribution >= 0.6 is 0 Å². The molecule has 18 heavy (non-hydrogen) atoms. The number of nitrogens with two attached hydrogens (primary N) is 1. The molecule has 2 rings (SSSR count). The van der Waals surface area contributed by atoms with Crippen molar-refractivity contribution in [1.82, 2.24) is 9.78 Å². The molecule has 0 aliphatic carbocycles. The molecule has 0 bridgehead atoms. The van der Waals surface area contributed by atoms with Crippen molar-refractivity contribution in [3.8, 4) is 5.75 Å². The lowest BCUT2D eigenvalue weighted by Gasteiger charge is -2.06. The van der Waals surface area contributed by atoms with Crippen molar-refractivity contribution in [1.29, 1.82) is 0 Å². The fraction of sp³-hybridized carbons (Fsp3) is 0.308. The summed E-state index contributed by atoms with van der Waals surface area (Å²) >= 11 is 0. The van der Waals surface area contributed by atoms with E-state index >= 15 is 0 Å². The van der Waals surface area contributed by atoms with Crippen molar-refractivity contribution in [3.05, 3.63) is 47.5 Å². The van der Waals surface area contributed by atoms with Crippen LogP contribution in [-0.4, -0.2) is 22.9 Å². The predicted molar refractivity (Wildman–Crippen MR) is 67.0 cm³/mol. The number of halogens is 1. The number of hydrogen-bond acceptors (Lipinski definition) is 3. The number of rotatable bonds is 5. The average molecular weight is 249 g/mol. The maximum Gasteiger partial charge on any atom is 0.157 e. The van der Waals surface area contributed by atoms with E-state index in [4.69, 9.17) is 10.5 Å². The molecule has 0 saturated carbocycles. The number of hydrogen-bond donors (Lipinski definition) is 1. The van der Waals surface area contributed by atoms with Gasteiger partial charge in [0, 0.05) is 6.54 Å². The van der Waals surface area contributed by atoms with Crippen LogP contribution in [0.15, 0.2) is 30.6 Å². The van der Waals surface area contributed by atoms with E-state index in [1.807, 2.05) is 6.92 Å². The number of aryl methyl sites for hydroxylation is 1. The van der Waals surface area contributed by atoms with E-state index in [0.29, 0.717) is 25.4 Å². The van der Waals surface area contributed by atoms with Crippen LogP contribution < -0.4 is 10.5 Å². The van der Waals surface area contributed by atoms with Gasteiger partial charge in [0.15, 0.2) is 5.75 Å². The number of benzene rings is 1. The van der Waals surface area contributed by atoms with Gasteiger partial charge in [-0.3, -0.25) is 4.68 Å². The second-order valence-electron chi connectivity index (χ2n) is 4.08. The Morgan fingerprint density at radius 3 is 3.06 bits per heavy atom. The zero-order valence-corrected chi connectivity index (χ0v) is 10.3. The molecule has 1 aromatic heterocycles. The van der Waals surface area contributed by atoms with E-state index < -0.39 is 0 Å². The van der Waals surface area contributed by atoms with Crippen molar-refractivity contribution in [3.63, 3.8) is 0 Å². The summed E-state index contributed by atoms with van der Waals surface area (Å²) in [6.07, 6.45) is 3.41. The normalized spacial score (nSPS) is 10.6. The summed E-state index contributed by atoms with van der Waals surface area (Å²) in [4.78, 5) is 0. The maximum absolute atomic E-state index is 13.2. The van der Waals surface area contributed by atoms with E-state index in [1.165, 1.54) is 12.1 Å². The van der Waals surface area contributed by atoms with Crippen LogP contribution in [-0.2, 0) is 6.54 Å². The lowest BCUT2D eigenvalue weighted by atomic mass is 10.1. The van der Waals surface area contributed by atoms with Crippen molar-refractivity contribution < 1.29 is 9.13 Å². The Balaban J connectivity index is 2.08. The third kappa shape index (κ3) is 3.07. The molecule has 1 heterocycles. The topological polar surface area (TPSA) is 53.1 Å². The van der Waals surface area contributed by atoms with Gasteiger partial charge >= 0.3 is 0 Å². The summed E-state index contributed by atoms with van der Waals surface area (Å²) in [6.45, 7) is 3.40. The van der Waals surface area contributed by atoms with E-state index in [-0.39, 0.29) is 5.82 Å². The van der Waals surface area contributed by atoms with Crippen LogP contribution in [0.25, 0.3) is 0 Å². The summed E-state index contributed by atoms with van der Waals surface area (Å²) in [5.41, 5.74) is 7.29. The lowest BCUT2D eigenvalue weighted by molar-refractivity contribution is 0.328. The number of aromatic nitrogens is 2. The highest BCUT2D eigenvalue weighted by molar-refractivity contribution is 5.27. The number of ether oxygens (including phenoxy) is 1. The van der Waals surface area contributed by atoms with Crippen LogP contribution in [0.1, 0.15) is 11.1 Å². The summed E-state index contributed by atoms with van der Waals surface area (Å²) < 4.78 is 20.2. The largest absolute Gasteiger partial charge is 0.489 e. The molecule has 0 unspecified atom stereocenters. The molecule has 0 atom stereocenters. The van der Waals surface area contributed by atoms with Crippen molar-refractivity contribution in [2.75, 3.05) is 13.2 Å². The monoisotopic (exact) mass is 249 g/mol. The highest BCUT2D eigenvalue weighted by atomic mass is 19.1. The fourth-order valence-corrected chi connectivity index (χ4v) is 1.67. The quantitative estimate of drug-likeness (QED) is 0.877. The molecule has 0 spiro atoms. The minimum atomic E-state index is -0.234. The molecule has 0 aliphatic heterocycles. The van der Waals surface area contributed by atoms with Crippen LogP contribution in [0.4, 0.5) is 4.39 Å². The van der Waals surface area contributed by atoms with Gasteiger partial charge in [-0.05, 0) is 30.2 Å². The first-order valence-corrected chi connectivity index (χ1v) is 5.79. The molecule has 2 N–H and O–H groups in total. The molecule has 5 heteroatoms. The first-order chi connectivity index (χ1) is 8.69. The van der Waals surface area contributed by atoms with Gasteiger partial charge in [-0.25, -0.2) is 4.39 Å². The number of nitrogens with zero attached hydrogens (tertiary/aromatic N) is 2. The molecule has 2 aromatic rings. The standard InChI is InChI=1S/C13H16FN3O/c1-10-2-3-12(14)6-11(10)8-17-9-13(7-16-17)18-5-4-15/h2-3,6-7,9H,4-5,8,15H2,1H3. The average Bonchev–Trinajstić information content (AvgIpc) is 2.79. The van der Waals surface area contributed by atoms with Gasteiger partial charge in [0.25, 0.3) is 0 Å². The van der Waals surface area contributed by atoms with Gasteiger partial charge in [-0.15, -0.1) is 0 Å². The molecule has 0 radical (unpaired) electrons. The summed E-state index contributed by atoms with van der Waals surface area (Å²) in [5.74, 6) is 0.442. The zero-order chi connectivity index (χ0) is 13.0. The van der Waals surface area contributed by atoms with E-state index in [2.05, 4.69) is 5.10 Å². The molecule has 0 aliphatic rings. The summed E-state index contributed by atoms with van der Waals surface area (Å²) in [6, 6.07) is 4.75. The lowest BCUT2D eigenvalue weighted by Crippen LogP contribution is -2.10. The molecule has 1 aromatic carbocycles. The Bertz CT molecular complexity index is 525. The van der Waals surface area contributed by atoms with Crippen LogP contribution in [0.5, 0.6) is 5.75 Å². The SMILES string of the molecule is Cc1ccc(F)cc1Cn1cc(OCCN)cn1. The van der Waals surface area contributed by atoms with E-state index in [9.17, 15) is 4.39 Å². The first-order valence-electron chi connectivity index (χ1n) is 5.79. The second-order valence-corrected chi connectivity index (χ2v) is 4.08. The first kappa shape index (κ1) is 12.6. The minimum Gasteiger partial charge on any atom is -0.489 e. The maximum atomic E-state index is 13.2. The Labute approximate surface area is 105 Å². The molecule has 4 nitrogen and oxygen atoms in total. The minimum absolute atomic E-state index is 0.234. The molecular formula is C13H16FN3O. The van der Waals surface area contributed by atoms with Gasteiger partial charge in [-0.2, -0.15) is 5.10 Å². The van der Waals surface area contributed by atoms with Crippen molar-refractivity contribution >= 4 is 0 Å². The predicted octanol–water partition coefficient (Wildman–Crippen LogP) is 1.72. The fourth-order valence-electron chi connectivity index (χ4n) is 1.67. The summed E-state index contributed by atoms with van der Waals surface area (Å²) in [5, 5.41) is 4.16. The Hall–Kier alpha value is -1.88. The molecule has 0 fully saturated rings. The van der Waals surface area contributed by atoms with Gasteiger partial charge < -0.3 is 10.5 Å². The van der Waals surface area contributed by atoms with Crippen LogP contribution in [0.3, 0.4) is 0 Å². The third-order valence-corrected chi connectivity index (χ3v) is 2.64. The Morgan fingerprint density at radius 2 is 2.28 bits per heavy atom. The van der Waals surface area contributed by atoms with Gasteiger partial charge in [0.2, 0.25) is 0 Å². The van der Waals surface area contributed by atoms with Crippen LogP contribution in [0, 0.1) is 12.7 Å². The highest BCUT2D eigenvalue weighted by Crippen LogP contribution is 2.14. The molecular weight excluding hydrogens is 233 g/mol. The van der Waals surface area contributed by atoms with Crippen molar-refractivity contribution in [2.24, 2.45) is 5.73 Å². The van der Waals surface area contributed by atoms with Gasteiger partial charge in [0.05, 0.1) is 18.9 Å². The molecule has 0 saturated heterocycles. The Kier molecular flexibility index (Phi) is 3.94. The summed E-state index contributed by atoms with van der Waals surface area (Å²) in [7, 11) is 0. The van der Waals surface area contributed by atoms with E-state index in [1.54, 1.807) is 23.1 Å². The highest BCUT2D eigenvalue weighted by Gasteiger charge is 2.04. The second kappa shape index (κ2) is 5.64.